The molecule has 0 atom stereocenters. The number of aryl methyl sites for hydroxylation is 1. The number of nitrogens with zero attached hydrogens (tertiary/aromatic N) is 2. The van der Waals surface area contributed by atoms with Gasteiger partial charge in [0, 0.05) is 0 Å². The third-order valence-electron chi connectivity index (χ3n) is 3.44. The van der Waals surface area contributed by atoms with Gasteiger partial charge in [0.1, 0.15) is 5.52 Å². The van der Waals surface area contributed by atoms with Crippen molar-refractivity contribution in [2.24, 2.45) is 0 Å². The van der Waals surface area contributed by atoms with Gasteiger partial charge in [-0.1, -0.05) is 0 Å². The van der Waals surface area contributed by atoms with Gasteiger partial charge in [0.2, 0.25) is 10.0 Å². The number of benzene rings is 1. The van der Waals surface area contributed by atoms with Gasteiger partial charge in [0.25, 0.3) is 11.8 Å². The van der Waals surface area contributed by atoms with Crippen LogP contribution in [0.15, 0.2) is 6.07 Å². The van der Waals surface area contributed by atoms with Crippen LogP contribution in [-0.4, -0.2) is 38.4 Å². The Hall–Kier alpha value is -2.09. The maximum Gasteiger partial charge on any atom is 0.278 e. The number of hydrogen-bond acceptors (Lipinski definition) is 6. The van der Waals surface area contributed by atoms with Gasteiger partial charge in [-0.15, -0.1) is 0 Å². The smallest absolute Gasteiger partial charge is 0.278 e. The SMILES string of the molecule is CCS(=O)(=O)Nc1c(C)c(C)cc2nc(OC)c(OC)nc12. The molecule has 0 saturated heterocycles. The fourth-order valence-corrected chi connectivity index (χ4v) is 2.71. The number of sulfonamides is 1. The molecule has 0 aliphatic rings. The number of anilines is 1. The van der Waals surface area contributed by atoms with Crippen molar-refractivity contribution in [3.05, 3.63) is 17.2 Å². The van der Waals surface area contributed by atoms with Gasteiger partial charge >= 0.3 is 0 Å². The Morgan fingerprint density at radius 3 is 2.27 bits per heavy atom. The molecule has 0 aliphatic heterocycles. The van der Waals surface area contributed by atoms with E-state index in [1.165, 1.54) is 14.2 Å². The lowest BCUT2D eigenvalue weighted by atomic mass is 10.1. The summed E-state index contributed by atoms with van der Waals surface area (Å²) in [4.78, 5) is 8.69. The fraction of sp³-hybridized carbons (Fsp3) is 0.429. The molecule has 7 nitrogen and oxygen atoms in total. The Morgan fingerprint density at radius 2 is 1.73 bits per heavy atom. The zero-order valence-corrected chi connectivity index (χ0v) is 14.0. The lowest BCUT2D eigenvalue weighted by molar-refractivity contribution is 0.334. The molecular formula is C14H19N3O4S. The molecule has 0 amide bonds. The standard InChI is InChI=1S/C14H19N3O4S/c1-6-22(18,19)17-11-9(3)8(2)7-10-12(11)16-14(21-5)13(15-10)20-4/h7,17H,6H2,1-5H3. The molecule has 0 aliphatic carbocycles. The summed E-state index contributed by atoms with van der Waals surface area (Å²) in [5.74, 6) is 0.431. The first-order valence-electron chi connectivity index (χ1n) is 6.73. The van der Waals surface area contributed by atoms with Gasteiger partial charge in [0.15, 0.2) is 0 Å². The van der Waals surface area contributed by atoms with Crippen LogP contribution >= 0.6 is 0 Å². The van der Waals surface area contributed by atoms with E-state index < -0.39 is 10.0 Å². The molecule has 0 unspecified atom stereocenters. The number of hydrogen-bond donors (Lipinski definition) is 1. The van der Waals surface area contributed by atoms with Crippen molar-refractivity contribution >= 4 is 26.7 Å². The monoisotopic (exact) mass is 325 g/mol. The maximum atomic E-state index is 11.9. The maximum absolute atomic E-state index is 11.9. The van der Waals surface area contributed by atoms with Crippen molar-refractivity contribution in [1.82, 2.24) is 9.97 Å². The van der Waals surface area contributed by atoms with Crippen LogP contribution in [-0.2, 0) is 10.0 Å². The molecular weight excluding hydrogens is 306 g/mol. The molecule has 0 spiro atoms. The second-order valence-corrected chi connectivity index (χ2v) is 6.82. The number of aromatic nitrogens is 2. The van der Waals surface area contributed by atoms with Crippen LogP contribution in [0.5, 0.6) is 11.8 Å². The molecule has 22 heavy (non-hydrogen) atoms. The first-order valence-corrected chi connectivity index (χ1v) is 8.38. The Balaban J connectivity index is 2.80. The van der Waals surface area contributed by atoms with E-state index in [1.54, 1.807) is 6.92 Å². The fourth-order valence-electron chi connectivity index (χ4n) is 2.01. The number of fused-ring (bicyclic) bond motifs is 1. The average Bonchev–Trinajstić information content (AvgIpc) is 2.50. The topological polar surface area (TPSA) is 90.4 Å². The Labute approximate surface area is 129 Å². The first-order chi connectivity index (χ1) is 10.3. The predicted molar refractivity (Wildman–Crippen MR) is 85.2 cm³/mol. The van der Waals surface area contributed by atoms with Crippen molar-refractivity contribution < 1.29 is 17.9 Å². The van der Waals surface area contributed by atoms with Gasteiger partial charge in [0.05, 0.1) is 31.2 Å². The highest BCUT2D eigenvalue weighted by atomic mass is 32.2. The Bertz CT molecular complexity index is 819. The van der Waals surface area contributed by atoms with Crippen LogP contribution in [0, 0.1) is 13.8 Å². The van der Waals surface area contributed by atoms with Crippen molar-refractivity contribution in [1.29, 1.82) is 0 Å². The minimum Gasteiger partial charge on any atom is -0.477 e. The zero-order chi connectivity index (χ0) is 16.5. The minimum atomic E-state index is -3.43. The van der Waals surface area contributed by atoms with E-state index in [2.05, 4.69) is 14.7 Å². The molecule has 1 heterocycles. The van der Waals surface area contributed by atoms with E-state index in [0.717, 1.165) is 11.1 Å². The van der Waals surface area contributed by atoms with Crippen LogP contribution in [0.1, 0.15) is 18.1 Å². The molecule has 0 bridgehead atoms. The molecule has 0 radical (unpaired) electrons. The van der Waals surface area contributed by atoms with Gasteiger partial charge in [-0.25, -0.2) is 18.4 Å². The van der Waals surface area contributed by atoms with Crippen LogP contribution in [0.25, 0.3) is 11.0 Å². The third kappa shape index (κ3) is 2.92. The number of nitrogens with one attached hydrogen (secondary N) is 1. The van der Waals surface area contributed by atoms with E-state index >= 15 is 0 Å². The summed E-state index contributed by atoms with van der Waals surface area (Å²) < 4.78 is 36.7. The van der Waals surface area contributed by atoms with E-state index in [0.29, 0.717) is 16.7 Å². The predicted octanol–water partition coefficient (Wildman–Crippen LogP) is 2.03. The molecule has 8 heteroatoms. The summed E-state index contributed by atoms with van der Waals surface area (Å²) in [5, 5.41) is 0. The summed E-state index contributed by atoms with van der Waals surface area (Å²) in [7, 11) is -0.502. The molecule has 2 rings (SSSR count). The van der Waals surface area contributed by atoms with Gasteiger partial charge < -0.3 is 9.47 Å². The van der Waals surface area contributed by atoms with Gasteiger partial charge in [-0.3, -0.25) is 4.72 Å². The lowest BCUT2D eigenvalue weighted by Crippen LogP contribution is -2.16. The third-order valence-corrected chi connectivity index (χ3v) is 4.72. The normalized spacial score (nSPS) is 11.5. The van der Waals surface area contributed by atoms with Gasteiger partial charge in [-0.2, -0.15) is 0 Å². The first kappa shape index (κ1) is 16.3. The minimum absolute atomic E-state index is 0.0252. The molecule has 1 N–H and O–H groups in total. The molecule has 120 valence electrons. The van der Waals surface area contributed by atoms with Crippen molar-refractivity contribution in [2.75, 3.05) is 24.7 Å². The molecule has 1 aromatic carbocycles. The highest BCUT2D eigenvalue weighted by Crippen LogP contribution is 2.33. The average molecular weight is 325 g/mol. The molecule has 0 fully saturated rings. The Kier molecular flexibility index (Phi) is 4.41. The van der Waals surface area contributed by atoms with E-state index in [-0.39, 0.29) is 17.5 Å². The van der Waals surface area contributed by atoms with Crippen molar-refractivity contribution in [2.45, 2.75) is 20.8 Å². The summed E-state index contributed by atoms with van der Waals surface area (Å²) in [6.07, 6.45) is 0. The number of methoxy groups -OCH3 is 2. The highest BCUT2D eigenvalue weighted by molar-refractivity contribution is 7.92. The number of rotatable bonds is 5. The van der Waals surface area contributed by atoms with Crippen molar-refractivity contribution in [3.8, 4) is 11.8 Å². The molecule has 1 aromatic heterocycles. The van der Waals surface area contributed by atoms with Crippen LogP contribution in [0.2, 0.25) is 0 Å². The second kappa shape index (κ2) is 5.96. The van der Waals surface area contributed by atoms with E-state index in [9.17, 15) is 8.42 Å². The van der Waals surface area contributed by atoms with Crippen LogP contribution in [0.3, 0.4) is 0 Å². The largest absolute Gasteiger partial charge is 0.477 e. The second-order valence-electron chi connectivity index (χ2n) is 4.81. The van der Waals surface area contributed by atoms with E-state index in [1.807, 2.05) is 19.9 Å². The zero-order valence-electron chi connectivity index (χ0n) is 13.2. The molecule has 0 saturated carbocycles. The summed E-state index contributed by atoms with van der Waals surface area (Å²) >= 11 is 0. The summed E-state index contributed by atoms with van der Waals surface area (Å²) in [6, 6.07) is 1.84. The van der Waals surface area contributed by atoms with Crippen LogP contribution < -0.4 is 14.2 Å². The van der Waals surface area contributed by atoms with Crippen molar-refractivity contribution in [3.63, 3.8) is 0 Å². The summed E-state index contributed by atoms with van der Waals surface area (Å²) in [5.41, 5.74) is 3.09. The lowest BCUT2D eigenvalue weighted by Gasteiger charge is -2.15. The number of ether oxygens (including phenoxy) is 2. The van der Waals surface area contributed by atoms with Crippen LogP contribution in [0.4, 0.5) is 5.69 Å². The Morgan fingerprint density at radius 1 is 1.14 bits per heavy atom. The van der Waals surface area contributed by atoms with E-state index in [4.69, 9.17) is 9.47 Å². The molecule has 2 aromatic rings. The highest BCUT2D eigenvalue weighted by Gasteiger charge is 2.18. The summed E-state index contributed by atoms with van der Waals surface area (Å²) in [6.45, 7) is 5.29. The van der Waals surface area contributed by atoms with Gasteiger partial charge in [-0.05, 0) is 38.0 Å². The quantitative estimate of drug-likeness (QED) is 0.904.